The van der Waals surface area contributed by atoms with Gasteiger partial charge < -0.3 is 15.2 Å². The molecule has 2 aromatic carbocycles. The van der Waals surface area contributed by atoms with Crippen LogP contribution in [-0.4, -0.2) is 33.6 Å². The molecule has 0 spiro atoms. The van der Waals surface area contributed by atoms with Crippen LogP contribution < -0.4 is 10.6 Å². The van der Waals surface area contributed by atoms with E-state index in [1.54, 1.807) is 0 Å². The quantitative estimate of drug-likeness (QED) is 0.279. The zero-order valence-corrected chi connectivity index (χ0v) is 17.6. The molecule has 4 rings (SSSR count). The molecule has 6 heteroatoms. The fraction of sp³-hybridized carbons (Fsp3) is 0.292. The van der Waals surface area contributed by atoms with Crippen LogP contribution in [0.2, 0.25) is 0 Å². The molecule has 0 atom stereocenters. The lowest BCUT2D eigenvalue weighted by molar-refractivity contribution is 0.624. The molecule has 0 aliphatic carbocycles. The lowest BCUT2D eigenvalue weighted by Crippen LogP contribution is -2.38. The average Bonchev–Trinajstić information content (AvgIpc) is 3.10. The molecule has 154 valence electrons. The lowest BCUT2D eigenvalue weighted by atomic mass is 10.1. The van der Waals surface area contributed by atoms with Crippen LogP contribution in [0, 0.1) is 6.92 Å². The van der Waals surface area contributed by atoms with Crippen molar-refractivity contribution in [2.75, 3.05) is 13.1 Å². The number of hydrogen-bond donors (Lipinski definition) is 2. The van der Waals surface area contributed by atoms with Gasteiger partial charge in [0.25, 0.3) is 0 Å². The summed E-state index contributed by atoms with van der Waals surface area (Å²) in [6, 6.07) is 18.6. The molecule has 2 N–H and O–H groups in total. The minimum Gasteiger partial charge on any atom is -0.357 e. The van der Waals surface area contributed by atoms with E-state index < -0.39 is 0 Å². The Kier molecular flexibility index (Phi) is 6.23. The van der Waals surface area contributed by atoms with Crippen LogP contribution in [0.25, 0.3) is 21.8 Å². The van der Waals surface area contributed by atoms with Crippen LogP contribution in [0.1, 0.15) is 24.9 Å². The topological polar surface area (TPSA) is 67.1 Å². The highest BCUT2D eigenvalue weighted by molar-refractivity contribution is 5.85. The smallest absolute Gasteiger partial charge is 0.191 e. The van der Waals surface area contributed by atoms with Crippen LogP contribution in [0.5, 0.6) is 0 Å². The number of para-hydroxylation sites is 2. The Labute approximate surface area is 177 Å². The van der Waals surface area contributed by atoms with Gasteiger partial charge in [-0.2, -0.15) is 0 Å². The van der Waals surface area contributed by atoms with Crippen molar-refractivity contribution in [3.05, 3.63) is 72.3 Å². The number of nitrogens with zero attached hydrogens (tertiary/aromatic N) is 4. The van der Waals surface area contributed by atoms with E-state index in [2.05, 4.69) is 69.3 Å². The van der Waals surface area contributed by atoms with Gasteiger partial charge in [-0.1, -0.05) is 36.4 Å². The third-order valence-electron chi connectivity index (χ3n) is 5.18. The van der Waals surface area contributed by atoms with Crippen molar-refractivity contribution >= 4 is 27.8 Å². The van der Waals surface area contributed by atoms with E-state index >= 15 is 0 Å². The van der Waals surface area contributed by atoms with Crippen molar-refractivity contribution in [2.24, 2.45) is 4.99 Å². The molecule has 0 unspecified atom stereocenters. The summed E-state index contributed by atoms with van der Waals surface area (Å²) >= 11 is 0. The first-order valence-electron chi connectivity index (χ1n) is 10.5. The van der Waals surface area contributed by atoms with Gasteiger partial charge in [0.2, 0.25) is 0 Å². The first-order chi connectivity index (χ1) is 14.8. The van der Waals surface area contributed by atoms with E-state index in [4.69, 9.17) is 4.99 Å². The zero-order chi connectivity index (χ0) is 20.8. The van der Waals surface area contributed by atoms with Crippen molar-refractivity contribution in [1.29, 1.82) is 0 Å². The number of guanidine groups is 1. The number of aryl methyl sites for hydroxylation is 2. The van der Waals surface area contributed by atoms with Gasteiger partial charge in [-0.3, -0.25) is 4.98 Å². The summed E-state index contributed by atoms with van der Waals surface area (Å²) in [5.41, 5.74) is 3.24. The summed E-state index contributed by atoms with van der Waals surface area (Å²) in [5, 5.41) is 9.12. The van der Waals surface area contributed by atoms with Gasteiger partial charge in [-0.25, -0.2) is 9.98 Å². The largest absolute Gasteiger partial charge is 0.357 e. The Bertz CT molecular complexity index is 1160. The van der Waals surface area contributed by atoms with Crippen molar-refractivity contribution < 1.29 is 0 Å². The van der Waals surface area contributed by atoms with Crippen LogP contribution in [0.15, 0.2) is 65.8 Å². The number of fused-ring (bicyclic) bond motifs is 2. The second-order valence-electron chi connectivity index (χ2n) is 7.25. The summed E-state index contributed by atoms with van der Waals surface area (Å²) in [4.78, 5) is 13.9. The van der Waals surface area contributed by atoms with E-state index in [1.807, 2.05) is 30.5 Å². The monoisotopic (exact) mass is 400 g/mol. The average molecular weight is 401 g/mol. The van der Waals surface area contributed by atoms with E-state index in [-0.39, 0.29) is 0 Å². The minimum atomic E-state index is 0.544. The first-order valence-corrected chi connectivity index (χ1v) is 10.5. The molecule has 0 aliphatic rings. The number of rotatable bonds is 7. The van der Waals surface area contributed by atoms with Crippen LogP contribution in [-0.2, 0) is 13.1 Å². The SMILES string of the molecule is CCNC(=NCc1nccc2ccccc12)NCCCn1c(C)nc2ccccc21. The highest BCUT2D eigenvalue weighted by Gasteiger charge is 2.06. The Morgan fingerprint density at radius 2 is 1.87 bits per heavy atom. The number of imidazole rings is 1. The third kappa shape index (κ3) is 4.43. The number of hydrogen-bond acceptors (Lipinski definition) is 3. The number of benzene rings is 2. The molecular formula is C24H28N6. The molecule has 0 radical (unpaired) electrons. The third-order valence-corrected chi connectivity index (χ3v) is 5.18. The number of aliphatic imine (C=N–C) groups is 1. The zero-order valence-electron chi connectivity index (χ0n) is 17.6. The van der Waals surface area contributed by atoms with Gasteiger partial charge in [0.15, 0.2) is 5.96 Å². The summed E-state index contributed by atoms with van der Waals surface area (Å²) in [6.45, 7) is 7.26. The molecule has 0 fully saturated rings. The molecule has 0 bridgehead atoms. The highest BCUT2D eigenvalue weighted by Crippen LogP contribution is 2.17. The van der Waals surface area contributed by atoms with Crippen molar-refractivity contribution in [3.8, 4) is 0 Å². The molecule has 4 aromatic rings. The number of pyridine rings is 1. The van der Waals surface area contributed by atoms with Gasteiger partial charge in [-0.15, -0.1) is 0 Å². The summed E-state index contributed by atoms with van der Waals surface area (Å²) in [7, 11) is 0. The standard InChI is InChI=1S/C24H28N6/c1-3-25-24(28-17-22-20-10-5-4-9-19(20)13-15-26-22)27-14-8-16-30-18(2)29-21-11-6-7-12-23(21)30/h4-7,9-13,15H,3,8,14,16-17H2,1-2H3,(H2,25,27,28). The Balaban J connectivity index is 1.38. The molecule has 0 aliphatic heterocycles. The number of nitrogens with one attached hydrogen (secondary N) is 2. The van der Waals surface area contributed by atoms with Crippen LogP contribution >= 0.6 is 0 Å². The molecule has 2 heterocycles. The Hall–Kier alpha value is -3.41. The number of aromatic nitrogens is 3. The maximum Gasteiger partial charge on any atom is 0.191 e. The summed E-state index contributed by atoms with van der Waals surface area (Å²) in [5.74, 6) is 1.87. The van der Waals surface area contributed by atoms with Crippen molar-refractivity contribution in [3.63, 3.8) is 0 Å². The summed E-state index contributed by atoms with van der Waals surface area (Å²) < 4.78 is 2.28. The van der Waals surface area contributed by atoms with Gasteiger partial charge in [0.1, 0.15) is 5.82 Å². The molecule has 0 amide bonds. The predicted molar refractivity (Wildman–Crippen MR) is 124 cm³/mol. The maximum absolute atomic E-state index is 4.75. The molecular weight excluding hydrogens is 372 g/mol. The predicted octanol–water partition coefficient (Wildman–Crippen LogP) is 4.04. The second-order valence-corrected chi connectivity index (χ2v) is 7.25. The van der Waals surface area contributed by atoms with Crippen LogP contribution in [0.3, 0.4) is 0 Å². The molecule has 0 saturated carbocycles. The van der Waals surface area contributed by atoms with Gasteiger partial charge in [0, 0.05) is 31.2 Å². The Morgan fingerprint density at radius 1 is 1.03 bits per heavy atom. The highest BCUT2D eigenvalue weighted by atomic mass is 15.2. The van der Waals surface area contributed by atoms with Gasteiger partial charge >= 0.3 is 0 Å². The molecule has 30 heavy (non-hydrogen) atoms. The molecule has 6 nitrogen and oxygen atoms in total. The Morgan fingerprint density at radius 3 is 2.77 bits per heavy atom. The second kappa shape index (κ2) is 9.39. The first kappa shape index (κ1) is 19.9. The summed E-state index contributed by atoms with van der Waals surface area (Å²) in [6.07, 6.45) is 2.84. The minimum absolute atomic E-state index is 0.544. The molecule has 0 saturated heterocycles. The fourth-order valence-corrected chi connectivity index (χ4v) is 3.73. The van der Waals surface area contributed by atoms with Crippen LogP contribution in [0.4, 0.5) is 0 Å². The molecule has 2 aromatic heterocycles. The fourth-order valence-electron chi connectivity index (χ4n) is 3.73. The maximum atomic E-state index is 4.75. The lowest BCUT2D eigenvalue weighted by Gasteiger charge is -2.12. The van der Waals surface area contributed by atoms with E-state index in [1.165, 1.54) is 10.9 Å². The normalized spacial score (nSPS) is 11.9. The van der Waals surface area contributed by atoms with E-state index in [9.17, 15) is 0 Å². The van der Waals surface area contributed by atoms with Crippen molar-refractivity contribution in [2.45, 2.75) is 33.4 Å². The van der Waals surface area contributed by atoms with Gasteiger partial charge in [0.05, 0.1) is 23.3 Å². The van der Waals surface area contributed by atoms with Gasteiger partial charge in [-0.05, 0) is 43.9 Å². The van der Waals surface area contributed by atoms with E-state index in [0.29, 0.717) is 6.54 Å². The van der Waals surface area contributed by atoms with Crippen molar-refractivity contribution in [1.82, 2.24) is 25.2 Å². The van der Waals surface area contributed by atoms with E-state index in [0.717, 1.165) is 54.4 Å².